The van der Waals surface area contributed by atoms with Crippen molar-refractivity contribution < 1.29 is 12.6 Å². The van der Waals surface area contributed by atoms with Gasteiger partial charge in [0.1, 0.15) is 5.75 Å². The van der Waals surface area contributed by atoms with E-state index in [-0.39, 0.29) is 5.75 Å². The van der Waals surface area contributed by atoms with Crippen molar-refractivity contribution in [3.63, 3.8) is 0 Å². The number of rotatable bonds is 7. The van der Waals surface area contributed by atoms with E-state index in [1.165, 1.54) is 5.56 Å². The number of hydrogen-bond acceptors (Lipinski definition) is 5. The van der Waals surface area contributed by atoms with Crippen molar-refractivity contribution in [1.82, 2.24) is 9.80 Å². The summed E-state index contributed by atoms with van der Waals surface area (Å²) in [6.45, 7) is 5.26. The standard InChI is InChI=1S/C20H26N2O3S/c23-26(24,25-20-10-5-2-6-11-20)17-16-21-12-7-13-22(15-14-21)18-19-8-3-1-4-9-19/h1-6,8-11H,7,12-18H2. The van der Waals surface area contributed by atoms with Crippen LogP contribution >= 0.6 is 0 Å². The van der Waals surface area contributed by atoms with E-state index in [9.17, 15) is 8.42 Å². The first-order valence-electron chi connectivity index (χ1n) is 9.07. The summed E-state index contributed by atoms with van der Waals surface area (Å²) in [5.41, 5.74) is 1.32. The van der Waals surface area contributed by atoms with E-state index >= 15 is 0 Å². The molecule has 1 saturated heterocycles. The monoisotopic (exact) mass is 374 g/mol. The summed E-state index contributed by atoms with van der Waals surface area (Å²) in [4.78, 5) is 4.65. The van der Waals surface area contributed by atoms with Crippen LogP contribution in [0.1, 0.15) is 12.0 Å². The Kier molecular flexibility index (Phi) is 6.66. The van der Waals surface area contributed by atoms with Crippen molar-refractivity contribution in [3.8, 4) is 5.75 Å². The Bertz CT molecular complexity index is 766. The molecule has 3 rings (SSSR count). The van der Waals surface area contributed by atoms with Crippen LogP contribution < -0.4 is 4.18 Å². The van der Waals surface area contributed by atoms with Gasteiger partial charge >= 0.3 is 10.1 Å². The molecule has 140 valence electrons. The maximum Gasteiger partial charge on any atom is 0.310 e. The van der Waals surface area contributed by atoms with Gasteiger partial charge in [0.25, 0.3) is 0 Å². The zero-order valence-electron chi connectivity index (χ0n) is 15.0. The third-order valence-electron chi connectivity index (χ3n) is 4.55. The average Bonchev–Trinajstić information content (AvgIpc) is 2.87. The fourth-order valence-electron chi connectivity index (χ4n) is 3.15. The second kappa shape index (κ2) is 9.16. The minimum atomic E-state index is -3.56. The largest absolute Gasteiger partial charge is 0.382 e. The third-order valence-corrected chi connectivity index (χ3v) is 5.68. The van der Waals surface area contributed by atoms with Crippen LogP contribution in [0.25, 0.3) is 0 Å². The molecule has 1 aliphatic rings. The van der Waals surface area contributed by atoms with Gasteiger partial charge < -0.3 is 9.08 Å². The SMILES string of the molecule is O=S(=O)(CCN1CCCN(Cc2ccccc2)CC1)Oc1ccccc1. The summed E-state index contributed by atoms with van der Waals surface area (Å²) in [6.07, 6.45) is 1.05. The summed E-state index contributed by atoms with van der Waals surface area (Å²) in [5.74, 6) is 0.387. The van der Waals surface area contributed by atoms with Crippen molar-refractivity contribution in [2.24, 2.45) is 0 Å². The number of para-hydroxylation sites is 1. The number of hydrogen-bond donors (Lipinski definition) is 0. The molecule has 0 spiro atoms. The molecule has 0 atom stereocenters. The average molecular weight is 375 g/mol. The quantitative estimate of drug-likeness (QED) is 0.697. The van der Waals surface area contributed by atoms with Crippen molar-refractivity contribution in [2.75, 3.05) is 38.5 Å². The van der Waals surface area contributed by atoms with Crippen LogP contribution in [-0.4, -0.2) is 56.7 Å². The van der Waals surface area contributed by atoms with E-state index in [2.05, 4.69) is 34.1 Å². The lowest BCUT2D eigenvalue weighted by atomic mass is 10.2. The van der Waals surface area contributed by atoms with Gasteiger partial charge in [-0.1, -0.05) is 48.5 Å². The molecule has 2 aromatic rings. The topological polar surface area (TPSA) is 49.9 Å². The van der Waals surface area contributed by atoms with Gasteiger partial charge in [0.05, 0.1) is 5.75 Å². The molecular weight excluding hydrogens is 348 g/mol. The predicted molar refractivity (Wildman–Crippen MR) is 104 cm³/mol. The van der Waals surface area contributed by atoms with Crippen LogP contribution in [0.4, 0.5) is 0 Å². The Morgan fingerprint density at radius 2 is 1.42 bits per heavy atom. The Labute approximate surface area is 156 Å². The van der Waals surface area contributed by atoms with Crippen LogP contribution in [0.3, 0.4) is 0 Å². The second-order valence-corrected chi connectivity index (χ2v) is 8.31. The molecule has 1 heterocycles. The molecule has 26 heavy (non-hydrogen) atoms. The van der Waals surface area contributed by atoms with Crippen molar-refractivity contribution >= 4 is 10.1 Å². The summed E-state index contributed by atoms with van der Waals surface area (Å²) in [7, 11) is -3.56. The Morgan fingerprint density at radius 1 is 0.808 bits per heavy atom. The molecule has 0 amide bonds. The molecule has 0 saturated carbocycles. The van der Waals surface area contributed by atoms with E-state index in [0.29, 0.717) is 12.3 Å². The maximum atomic E-state index is 12.2. The molecule has 1 aliphatic heterocycles. The fraction of sp³-hybridized carbons (Fsp3) is 0.400. The zero-order chi connectivity index (χ0) is 18.2. The maximum absolute atomic E-state index is 12.2. The predicted octanol–water partition coefficient (Wildman–Crippen LogP) is 2.60. The smallest absolute Gasteiger partial charge is 0.310 e. The molecule has 0 N–H and O–H groups in total. The van der Waals surface area contributed by atoms with Gasteiger partial charge in [-0.3, -0.25) is 4.90 Å². The Hall–Kier alpha value is -1.89. The highest BCUT2D eigenvalue weighted by molar-refractivity contribution is 7.87. The van der Waals surface area contributed by atoms with Crippen LogP contribution in [0.2, 0.25) is 0 Å². The lowest BCUT2D eigenvalue weighted by Gasteiger charge is -2.21. The first kappa shape index (κ1) is 18.9. The minimum Gasteiger partial charge on any atom is -0.382 e. The molecule has 0 unspecified atom stereocenters. The van der Waals surface area contributed by atoms with Crippen LogP contribution in [-0.2, 0) is 16.7 Å². The highest BCUT2D eigenvalue weighted by Gasteiger charge is 2.19. The summed E-state index contributed by atoms with van der Waals surface area (Å²) in [5, 5.41) is 0. The Morgan fingerprint density at radius 3 is 2.15 bits per heavy atom. The highest BCUT2D eigenvalue weighted by Crippen LogP contribution is 2.13. The molecular formula is C20H26N2O3S. The van der Waals surface area contributed by atoms with Crippen molar-refractivity contribution in [3.05, 3.63) is 66.2 Å². The normalized spacial score (nSPS) is 16.9. The van der Waals surface area contributed by atoms with Crippen LogP contribution in [0, 0.1) is 0 Å². The van der Waals surface area contributed by atoms with Crippen molar-refractivity contribution in [2.45, 2.75) is 13.0 Å². The van der Waals surface area contributed by atoms with Gasteiger partial charge in [-0.05, 0) is 37.2 Å². The fourth-order valence-corrected chi connectivity index (χ4v) is 4.12. The molecule has 0 bridgehead atoms. The minimum absolute atomic E-state index is 0.0145. The van der Waals surface area contributed by atoms with E-state index in [1.807, 2.05) is 12.1 Å². The number of benzene rings is 2. The molecule has 0 radical (unpaired) electrons. The van der Waals surface area contributed by atoms with E-state index in [1.54, 1.807) is 24.3 Å². The lowest BCUT2D eigenvalue weighted by Crippen LogP contribution is -2.34. The van der Waals surface area contributed by atoms with Gasteiger partial charge in [0, 0.05) is 26.2 Å². The first-order chi connectivity index (χ1) is 12.6. The van der Waals surface area contributed by atoms with Gasteiger partial charge in [-0.2, -0.15) is 8.42 Å². The Balaban J connectivity index is 1.46. The molecule has 2 aromatic carbocycles. The summed E-state index contributed by atoms with van der Waals surface area (Å²) >= 11 is 0. The second-order valence-electron chi connectivity index (χ2n) is 6.62. The zero-order valence-corrected chi connectivity index (χ0v) is 15.8. The summed E-state index contributed by atoms with van der Waals surface area (Å²) < 4.78 is 29.5. The molecule has 0 aliphatic carbocycles. The molecule has 6 heteroatoms. The third kappa shape index (κ3) is 6.12. The van der Waals surface area contributed by atoms with Crippen molar-refractivity contribution in [1.29, 1.82) is 0 Å². The highest BCUT2D eigenvalue weighted by atomic mass is 32.2. The van der Waals surface area contributed by atoms with Gasteiger partial charge in [-0.25, -0.2) is 0 Å². The van der Waals surface area contributed by atoms with Crippen LogP contribution in [0.15, 0.2) is 60.7 Å². The van der Waals surface area contributed by atoms with Gasteiger partial charge in [0.2, 0.25) is 0 Å². The van der Waals surface area contributed by atoms with E-state index in [0.717, 1.165) is 39.1 Å². The lowest BCUT2D eigenvalue weighted by molar-refractivity contribution is 0.257. The molecule has 5 nitrogen and oxygen atoms in total. The van der Waals surface area contributed by atoms with E-state index < -0.39 is 10.1 Å². The summed E-state index contributed by atoms with van der Waals surface area (Å²) in [6, 6.07) is 19.1. The first-order valence-corrected chi connectivity index (χ1v) is 10.6. The van der Waals surface area contributed by atoms with Crippen LogP contribution in [0.5, 0.6) is 5.75 Å². The van der Waals surface area contributed by atoms with E-state index in [4.69, 9.17) is 4.18 Å². The molecule has 0 aromatic heterocycles. The van der Waals surface area contributed by atoms with Gasteiger partial charge in [-0.15, -0.1) is 0 Å². The molecule has 1 fully saturated rings. The van der Waals surface area contributed by atoms with Gasteiger partial charge in [0.15, 0.2) is 0 Å². The number of nitrogens with zero attached hydrogens (tertiary/aromatic N) is 2.